The van der Waals surface area contributed by atoms with Crippen LogP contribution in [0.5, 0.6) is 0 Å². The SMILES string of the molecule is CC(=O)n1nc(-c2ccncc2)nc1NCc1ccccc1. The van der Waals surface area contributed by atoms with Gasteiger partial charge in [0.15, 0.2) is 5.82 Å². The van der Waals surface area contributed by atoms with Gasteiger partial charge in [-0.05, 0) is 17.7 Å². The number of pyridine rings is 1. The maximum absolute atomic E-state index is 11.7. The summed E-state index contributed by atoms with van der Waals surface area (Å²) in [4.78, 5) is 20.1. The van der Waals surface area contributed by atoms with Gasteiger partial charge in [0, 0.05) is 31.4 Å². The van der Waals surface area contributed by atoms with Gasteiger partial charge < -0.3 is 5.32 Å². The van der Waals surface area contributed by atoms with E-state index in [1.807, 2.05) is 30.3 Å². The normalized spacial score (nSPS) is 10.4. The van der Waals surface area contributed by atoms with Crippen molar-refractivity contribution < 1.29 is 4.79 Å². The van der Waals surface area contributed by atoms with Crippen molar-refractivity contribution in [3.05, 3.63) is 60.4 Å². The first-order chi connectivity index (χ1) is 10.7. The largest absolute Gasteiger partial charge is 0.350 e. The Labute approximate surface area is 127 Å². The molecule has 0 fully saturated rings. The number of carbonyl (C=O) groups excluding carboxylic acids is 1. The molecular formula is C16H15N5O. The van der Waals surface area contributed by atoms with Gasteiger partial charge in [0.1, 0.15) is 0 Å². The molecule has 0 bridgehead atoms. The third-order valence-corrected chi connectivity index (χ3v) is 3.14. The van der Waals surface area contributed by atoms with E-state index in [1.165, 1.54) is 11.6 Å². The standard InChI is InChI=1S/C16H15N5O/c1-12(22)21-16(18-11-13-5-3-2-4-6-13)19-15(20-21)14-7-9-17-10-8-14/h2-10H,11H2,1H3,(H,18,19,20). The van der Waals surface area contributed by atoms with Crippen LogP contribution >= 0.6 is 0 Å². The molecule has 3 rings (SSSR count). The fourth-order valence-electron chi connectivity index (χ4n) is 2.05. The van der Waals surface area contributed by atoms with Crippen molar-refractivity contribution in [2.45, 2.75) is 13.5 Å². The summed E-state index contributed by atoms with van der Waals surface area (Å²) in [5.41, 5.74) is 1.92. The number of rotatable bonds is 4. The molecule has 1 N–H and O–H groups in total. The average molecular weight is 293 g/mol. The molecule has 6 nitrogen and oxygen atoms in total. The Kier molecular flexibility index (Phi) is 3.91. The predicted molar refractivity (Wildman–Crippen MR) is 83.3 cm³/mol. The Morgan fingerprint density at radius 3 is 2.55 bits per heavy atom. The summed E-state index contributed by atoms with van der Waals surface area (Å²) in [6.45, 7) is 2.03. The molecule has 22 heavy (non-hydrogen) atoms. The number of hydrogen-bond acceptors (Lipinski definition) is 5. The van der Waals surface area contributed by atoms with Crippen LogP contribution in [-0.2, 0) is 6.54 Å². The van der Waals surface area contributed by atoms with E-state index in [4.69, 9.17) is 0 Å². The molecule has 2 aromatic heterocycles. The lowest BCUT2D eigenvalue weighted by molar-refractivity contribution is 0.0924. The van der Waals surface area contributed by atoms with Crippen LogP contribution in [0.15, 0.2) is 54.9 Å². The van der Waals surface area contributed by atoms with E-state index in [-0.39, 0.29) is 5.91 Å². The second-order valence-electron chi connectivity index (χ2n) is 4.76. The van der Waals surface area contributed by atoms with Crippen molar-refractivity contribution in [1.82, 2.24) is 19.7 Å². The Bertz CT molecular complexity index is 768. The fraction of sp³-hybridized carbons (Fsp3) is 0.125. The molecule has 0 aliphatic rings. The van der Waals surface area contributed by atoms with Gasteiger partial charge in [-0.15, -0.1) is 5.10 Å². The number of nitrogens with one attached hydrogen (secondary N) is 1. The van der Waals surface area contributed by atoms with Crippen molar-refractivity contribution in [2.75, 3.05) is 5.32 Å². The topological polar surface area (TPSA) is 72.7 Å². The monoisotopic (exact) mass is 293 g/mol. The van der Waals surface area contributed by atoms with Gasteiger partial charge in [-0.25, -0.2) is 0 Å². The van der Waals surface area contributed by atoms with E-state index in [2.05, 4.69) is 20.4 Å². The highest BCUT2D eigenvalue weighted by Crippen LogP contribution is 2.17. The zero-order valence-electron chi connectivity index (χ0n) is 12.1. The van der Waals surface area contributed by atoms with Gasteiger partial charge in [0.2, 0.25) is 11.9 Å². The highest BCUT2D eigenvalue weighted by molar-refractivity contribution is 5.79. The highest BCUT2D eigenvalue weighted by atomic mass is 16.2. The minimum atomic E-state index is -0.191. The summed E-state index contributed by atoms with van der Waals surface area (Å²) < 4.78 is 1.28. The predicted octanol–water partition coefficient (Wildman–Crippen LogP) is 2.61. The minimum Gasteiger partial charge on any atom is -0.350 e. The maximum atomic E-state index is 11.7. The summed E-state index contributed by atoms with van der Waals surface area (Å²) in [7, 11) is 0. The first-order valence-corrected chi connectivity index (χ1v) is 6.90. The van der Waals surface area contributed by atoms with E-state index >= 15 is 0 Å². The first-order valence-electron chi connectivity index (χ1n) is 6.90. The van der Waals surface area contributed by atoms with Crippen LogP contribution in [0.3, 0.4) is 0 Å². The van der Waals surface area contributed by atoms with Crippen LogP contribution in [0.25, 0.3) is 11.4 Å². The van der Waals surface area contributed by atoms with Gasteiger partial charge in [-0.2, -0.15) is 9.67 Å². The molecule has 3 aromatic rings. The molecule has 0 saturated carbocycles. The van der Waals surface area contributed by atoms with Gasteiger partial charge >= 0.3 is 0 Å². The number of aromatic nitrogens is 4. The number of nitrogens with zero attached hydrogens (tertiary/aromatic N) is 4. The van der Waals surface area contributed by atoms with Crippen LogP contribution in [0.2, 0.25) is 0 Å². The van der Waals surface area contributed by atoms with Gasteiger partial charge in [0.25, 0.3) is 0 Å². The molecule has 0 aliphatic carbocycles. The van der Waals surface area contributed by atoms with Crippen LogP contribution in [-0.4, -0.2) is 25.7 Å². The summed E-state index contributed by atoms with van der Waals surface area (Å²) in [5.74, 6) is 0.736. The molecule has 2 heterocycles. The smallest absolute Gasteiger partial charge is 0.246 e. The molecule has 6 heteroatoms. The molecule has 0 amide bonds. The Morgan fingerprint density at radius 2 is 1.86 bits per heavy atom. The summed E-state index contributed by atoms with van der Waals surface area (Å²) in [5, 5.41) is 7.41. The van der Waals surface area contributed by atoms with Gasteiger partial charge in [0.05, 0.1) is 0 Å². The number of benzene rings is 1. The van der Waals surface area contributed by atoms with E-state index in [0.717, 1.165) is 11.1 Å². The van der Waals surface area contributed by atoms with Crippen LogP contribution < -0.4 is 5.32 Å². The van der Waals surface area contributed by atoms with Crippen molar-refractivity contribution in [2.24, 2.45) is 0 Å². The Balaban J connectivity index is 1.86. The summed E-state index contributed by atoms with van der Waals surface area (Å²) in [6.07, 6.45) is 3.34. The third kappa shape index (κ3) is 3.01. The zero-order chi connectivity index (χ0) is 15.4. The van der Waals surface area contributed by atoms with E-state index in [9.17, 15) is 4.79 Å². The zero-order valence-corrected chi connectivity index (χ0v) is 12.1. The fourth-order valence-corrected chi connectivity index (χ4v) is 2.05. The van der Waals surface area contributed by atoms with Crippen molar-refractivity contribution in [1.29, 1.82) is 0 Å². The van der Waals surface area contributed by atoms with E-state index in [1.54, 1.807) is 24.5 Å². The lowest BCUT2D eigenvalue weighted by Gasteiger charge is -2.05. The number of anilines is 1. The van der Waals surface area contributed by atoms with Crippen LogP contribution in [0, 0.1) is 0 Å². The van der Waals surface area contributed by atoms with E-state index < -0.39 is 0 Å². The number of carbonyl (C=O) groups is 1. The molecule has 0 saturated heterocycles. The van der Waals surface area contributed by atoms with E-state index in [0.29, 0.717) is 18.3 Å². The Morgan fingerprint density at radius 1 is 1.14 bits per heavy atom. The maximum Gasteiger partial charge on any atom is 0.246 e. The lowest BCUT2D eigenvalue weighted by Crippen LogP contribution is -2.13. The molecule has 110 valence electrons. The van der Waals surface area contributed by atoms with Gasteiger partial charge in [-0.3, -0.25) is 9.78 Å². The molecule has 0 aliphatic heterocycles. The average Bonchev–Trinajstić information content (AvgIpc) is 2.99. The van der Waals surface area contributed by atoms with Crippen molar-refractivity contribution in [3.63, 3.8) is 0 Å². The van der Waals surface area contributed by atoms with Crippen LogP contribution in [0.1, 0.15) is 17.3 Å². The summed E-state index contributed by atoms with van der Waals surface area (Å²) in [6, 6.07) is 13.5. The number of hydrogen-bond donors (Lipinski definition) is 1. The Hall–Kier alpha value is -3.02. The van der Waals surface area contributed by atoms with Crippen molar-refractivity contribution in [3.8, 4) is 11.4 Å². The highest BCUT2D eigenvalue weighted by Gasteiger charge is 2.14. The minimum absolute atomic E-state index is 0.191. The third-order valence-electron chi connectivity index (χ3n) is 3.14. The molecule has 1 aromatic carbocycles. The molecule has 0 unspecified atom stereocenters. The van der Waals surface area contributed by atoms with Crippen molar-refractivity contribution >= 4 is 11.9 Å². The van der Waals surface area contributed by atoms with Gasteiger partial charge in [-0.1, -0.05) is 30.3 Å². The quantitative estimate of drug-likeness (QED) is 0.800. The second-order valence-corrected chi connectivity index (χ2v) is 4.76. The summed E-state index contributed by atoms with van der Waals surface area (Å²) >= 11 is 0. The second kappa shape index (κ2) is 6.17. The lowest BCUT2D eigenvalue weighted by atomic mass is 10.2. The first kappa shape index (κ1) is 13.9. The molecule has 0 spiro atoms. The molecule has 0 radical (unpaired) electrons. The molecule has 0 atom stereocenters. The molecular weight excluding hydrogens is 278 g/mol. The van der Waals surface area contributed by atoms with Crippen LogP contribution in [0.4, 0.5) is 5.95 Å².